The monoisotopic (exact) mass is 189 g/mol. The van der Waals surface area contributed by atoms with Crippen LogP contribution in [-0.2, 0) is 9.47 Å². The van der Waals surface area contributed by atoms with E-state index in [4.69, 9.17) is 9.47 Å². The van der Waals surface area contributed by atoms with Crippen molar-refractivity contribution in [2.75, 3.05) is 26.9 Å². The molecule has 0 amide bonds. The van der Waals surface area contributed by atoms with Gasteiger partial charge in [-0.1, -0.05) is 6.92 Å². The van der Waals surface area contributed by atoms with E-state index in [1.54, 1.807) is 7.11 Å². The molecule has 0 radical (unpaired) electrons. The summed E-state index contributed by atoms with van der Waals surface area (Å²) in [6, 6.07) is 0.417. The first-order chi connectivity index (χ1) is 6.24. The second-order valence-electron chi connectivity index (χ2n) is 3.20. The first-order valence-electron chi connectivity index (χ1n) is 5.08. The highest BCUT2D eigenvalue weighted by Gasteiger charge is 2.11. The minimum absolute atomic E-state index is 0.296. The number of rotatable bonds is 8. The first kappa shape index (κ1) is 12.9. The summed E-state index contributed by atoms with van der Waals surface area (Å²) in [6.07, 6.45) is 1.30. The van der Waals surface area contributed by atoms with Gasteiger partial charge >= 0.3 is 0 Å². The van der Waals surface area contributed by atoms with Crippen molar-refractivity contribution in [2.45, 2.75) is 39.3 Å². The zero-order valence-electron chi connectivity index (χ0n) is 9.30. The van der Waals surface area contributed by atoms with E-state index in [1.165, 1.54) is 0 Å². The molecule has 0 aromatic rings. The summed E-state index contributed by atoms with van der Waals surface area (Å²) in [7, 11) is 1.74. The summed E-state index contributed by atoms with van der Waals surface area (Å²) in [6.45, 7) is 8.74. The summed E-state index contributed by atoms with van der Waals surface area (Å²) in [5.74, 6) is 0. The molecule has 0 saturated carbocycles. The highest BCUT2D eigenvalue weighted by Crippen LogP contribution is 2.01. The Labute approximate surface area is 81.8 Å². The predicted molar refractivity (Wildman–Crippen MR) is 55.0 cm³/mol. The fraction of sp³-hybridized carbons (Fsp3) is 1.00. The van der Waals surface area contributed by atoms with Gasteiger partial charge in [0, 0.05) is 19.8 Å². The number of ether oxygens (including phenoxy) is 2. The normalized spacial score (nSPS) is 15.7. The fourth-order valence-electron chi connectivity index (χ4n) is 1.26. The Morgan fingerprint density at radius 3 is 2.46 bits per heavy atom. The molecule has 0 saturated heterocycles. The number of nitrogens with one attached hydrogen (secondary N) is 1. The van der Waals surface area contributed by atoms with Gasteiger partial charge in [0.15, 0.2) is 0 Å². The molecule has 0 bridgehead atoms. The maximum Gasteiger partial charge on any atom is 0.0620 e. The van der Waals surface area contributed by atoms with Crippen molar-refractivity contribution in [3.8, 4) is 0 Å². The predicted octanol–water partition coefficient (Wildman–Crippen LogP) is 1.43. The minimum atomic E-state index is 0.296. The van der Waals surface area contributed by atoms with E-state index in [-0.39, 0.29) is 0 Å². The lowest BCUT2D eigenvalue weighted by Crippen LogP contribution is -2.36. The molecule has 0 fully saturated rings. The molecule has 0 aromatic carbocycles. The van der Waals surface area contributed by atoms with Crippen LogP contribution in [0.2, 0.25) is 0 Å². The van der Waals surface area contributed by atoms with E-state index < -0.39 is 0 Å². The second-order valence-corrected chi connectivity index (χ2v) is 3.20. The molecular weight excluding hydrogens is 166 g/mol. The molecule has 80 valence electrons. The van der Waals surface area contributed by atoms with E-state index in [0.717, 1.165) is 26.2 Å². The Morgan fingerprint density at radius 2 is 2.00 bits per heavy atom. The average molecular weight is 189 g/mol. The van der Waals surface area contributed by atoms with E-state index in [1.807, 2.05) is 6.92 Å². The van der Waals surface area contributed by atoms with Crippen LogP contribution in [0.5, 0.6) is 0 Å². The summed E-state index contributed by atoms with van der Waals surface area (Å²) >= 11 is 0. The molecule has 0 spiro atoms. The van der Waals surface area contributed by atoms with Gasteiger partial charge in [-0.2, -0.15) is 0 Å². The van der Waals surface area contributed by atoms with Crippen molar-refractivity contribution < 1.29 is 9.47 Å². The molecule has 1 N–H and O–H groups in total. The van der Waals surface area contributed by atoms with Crippen molar-refractivity contribution in [1.82, 2.24) is 5.32 Å². The Hall–Kier alpha value is -0.120. The fourth-order valence-corrected chi connectivity index (χ4v) is 1.26. The molecule has 13 heavy (non-hydrogen) atoms. The van der Waals surface area contributed by atoms with E-state index in [9.17, 15) is 0 Å². The highest BCUT2D eigenvalue weighted by molar-refractivity contribution is 4.68. The lowest BCUT2D eigenvalue weighted by atomic mass is 10.1. The summed E-state index contributed by atoms with van der Waals surface area (Å²) in [4.78, 5) is 0. The lowest BCUT2D eigenvalue weighted by molar-refractivity contribution is 0.0701. The molecule has 3 nitrogen and oxygen atoms in total. The molecular formula is C10H23NO2. The van der Waals surface area contributed by atoms with Crippen molar-refractivity contribution in [2.24, 2.45) is 0 Å². The van der Waals surface area contributed by atoms with E-state index in [2.05, 4.69) is 19.2 Å². The lowest BCUT2D eigenvalue weighted by Gasteiger charge is -2.20. The van der Waals surface area contributed by atoms with Gasteiger partial charge in [0.2, 0.25) is 0 Å². The van der Waals surface area contributed by atoms with Crippen LogP contribution in [0.3, 0.4) is 0 Å². The molecule has 0 aliphatic heterocycles. The molecule has 2 unspecified atom stereocenters. The Bertz CT molecular complexity index is 109. The van der Waals surface area contributed by atoms with Gasteiger partial charge in [-0.15, -0.1) is 0 Å². The van der Waals surface area contributed by atoms with Gasteiger partial charge in [-0.25, -0.2) is 0 Å². The van der Waals surface area contributed by atoms with Gasteiger partial charge in [0.25, 0.3) is 0 Å². The third-order valence-electron chi connectivity index (χ3n) is 2.03. The molecule has 0 aromatic heterocycles. The van der Waals surface area contributed by atoms with Gasteiger partial charge in [-0.05, 0) is 26.8 Å². The van der Waals surface area contributed by atoms with Crippen LogP contribution >= 0.6 is 0 Å². The number of hydrogen-bond acceptors (Lipinski definition) is 3. The smallest absolute Gasteiger partial charge is 0.0620 e. The molecule has 0 rings (SSSR count). The molecule has 0 aliphatic carbocycles. The highest BCUT2D eigenvalue weighted by atomic mass is 16.5. The van der Waals surface area contributed by atoms with Crippen LogP contribution < -0.4 is 5.32 Å². The van der Waals surface area contributed by atoms with Crippen molar-refractivity contribution in [3.63, 3.8) is 0 Å². The van der Waals surface area contributed by atoms with E-state index in [0.29, 0.717) is 12.1 Å². The van der Waals surface area contributed by atoms with Crippen molar-refractivity contribution in [1.29, 1.82) is 0 Å². The maximum atomic E-state index is 5.38. The van der Waals surface area contributed by atoms with Gasteiger partial charge in [0.05, 0.1) is 12.7 Å². The van der Waals surface area contributed by atoms with E-state index >= 15 is 0 Å². The number of methoxy groups -OCH3 is 1. The van der Waals surface area contributed by atoms with Crippen LogP contribution in [0, 0.1) is 0 Å². The van der Waals surface area contributed by atoms with Crippen LogP contribution in [0.4, 0.5) is 0 Å². The number of hydrogen-bond donors (Lipinski definition) is 1. The van der Waals surface area contributed by atoms with Crippen LogP contribution in [0.25, 0.3) is 0 Å². The van der Waals surface area contributed by atoms with Crippen LogP contribution in [-0.4, -0.2) is 39.0 Å². The third kappa shape index (κ3) is 6.99. The Balaban J connectivity index is 3.65. The van der Waals surface area contributed by atoms with Crippen LogP contribution in [0.1, 0.15) is 27.2 Å². The first-order valence-corrected chi connectivity index (χ1v) is 5.08. The summed E-state index contributed by atoms with van der Waals surface area (Å²) in [5.41, 5.74) is 0. The van der Waals surface area contributed by atoms with Gasteiger partial charge in [-0.3, -0.25) is 0 Å². The zero-order chi connectivity index (χ0) is 10.1. The summed E-state index contributed by atoms with van der Waals surface area (Å²) in [5, 5.41) is 3.38. The minimum Gasteiger partial charge on any atom is -0.382 e. The SMILES string of the molecule is CCNC(COCC)CC(C)OC. The standard InChI is InChI=1S/C10H23NO2/c1-5-11-10(8-13-6-2)7-9(3)12-4/h9-11H,5-8H2,1-4H3. The average Bonchev–Trinajstić information content (AvgIpc) is 2.14. The second kappa shape index (κ2) is 8.48. The van der Waals surface area contributed by atoms with Gasteiger partial charge < -0.3 is 14.8 Å². The molecule has 2 atom stereocenters. The Morgan fingerprint density at radius 1 is 1.31 bits per heavy atom. The summed E-state index contributed by atoms with van der Waals surface area (Å²) < 4.78 is 10.6. The molecule has 3 heteroatoms. The third-order valence-corrected chi connectivity index (χ3v) is 2.03. The topological polar surface area (TPSA) is 30.5 Å². The van der Waals surface area contributed by atoms with Crippen molar-refractivity contribution in [3.05, 3.63) is 0 Å². The quantitative estimate of drug-likeness (QED) is 0.626. The van der Waals surface area contributed by atoms with Gasteiger partial charge in [0.1, 0.15) is 0 Å². The zero-order valence-corrected chi connectivity index (χ0v) is 9.30. The molecule has 0 heterocycles. The largest absolute Gasteiger partial charge is 0.382 e. The maximum absolute atomic E-state index is 5.38. The van der Waals surface area contributed by atoms with Crippen molar-refractivity contribution >= 4 is 0 Å². The Kier molecular flexibility index (Phi) is 8.40. The number of likely N-dealkylation sites (N-methyl/N-ethyl adjacent to an activating group) is 1. The molecule has 0 aliphatic rings. The van der Waals surface area contributed by atoms with Crippen LogP contribution in [0.15, 0.2) is 0 Å².